The number of nitrogens with zero attached hydrogens (tertiary/aromatic N) is 2. The van der Waals surface area contributed by atoms with Crippen molar-refractivity contribution in [3.63, 3.8) is 0 Å². The lowest BCUT2D eigenvalue weighted by molar-refractivity contribution is 0.226. The Labute approximate surface area is 122 Å². The molecule has 2 atom stereocenters. The van der Waals surface area contributed by atoms with Gasteiger partial charge in [-0.3, -0.25) is 0 Å². The number of hydrogen-bond acceptors (Lipinski definition) is 5. The number of anilines is 2. The van der Waals surface area contributed by atoms with Crippen LogP contribution in [0, 0.1) is 12.8 Å². The highest BCUT2D eigenvalue weighted by molar-refractivity contribution is 5.57. The molecule has 0 amide bonds. The predicted octanol–water partition coefficient (Wildman–Crippen LogP) is 2.55. The van der Waals surface area contributed by atoms with Gasteiger partial charge in [-0.1, -0.05) is 27.7 Å². The van der Waals surface area contributed by atoms with Gasteiger partial charge in [-0.05, 0) is 19.8 Å². The van der Waals surface area contributed by atoms with Gasteiger partial charge in [0.25, 0.3) is 0 Å². The van der Waals surface area contributed by atoms with Gasteiger partial charge < -0.3 is 15.7 Å². The van der Waals surface area contributed by atoms with Crippen LogP contribution in [0.5, 0.6) is 0 Å². The Hall–Kier alpha value is -1.36. The molecule has 0 aliphatic heterocycles. The summed E-state index contributed by atoms with van der Waals surface area (Å²) in [6, 6.07) is 0.145. The summed E-state index contributed by atoms with van der Waals surface area (Å²) in [4.78, 5) is 9.25. The van der Waals surface area contributed by atoms with Gasteiger partial charge in [-0.15, -0.1) is 0 Å². The minimum absolute atomic E-state index is 0.110. The van der Waals surface area contributed by atoms with E-state index < -0.39 is 0 Å². The molecule has 1 aromatic heterocycles. The summed E-state index contributed by atoms with van der Waals surface area (Å²) in [6.45, 7) is 12.5. The predicted molar refractivity (Wildman–Crippen MR) is 84.4 cm³/mol. The number of aromatic nitrogens is 2. The number of hydrogen-bond donors (Lipinski definition) is 3. The van der Waals surface area contributed by atoms with Gasteiger partial charge in [-0.25, -0.2) is 9.97 Å². The smallest absolute Gasteiger partial charge is 0.138 e. The summed E-state index contributed by atoms with van der Waals surface area (Å²) in [5.41, 5.74) is 0.888. The summed E-state index contributed by atoms with van der Waals surface area (Å²) in [7, 11) is 1.87. The first-order valence-electron chi connectivity index (χ1n) is 7.15. The molecule has 1 rings (SSSR count). The van der Waals surface area contributed by atoms with Gasteiger partial charge in [0.1, 0.15) is 17.5 Å². The molecule has 0 saturated carbocycles. The molecule has 0 aliphatic rings. The van der Waals surface area contributed by atoms with E-state index in [0.717, 1.165) is 23.0 Å². The Bertz CT molecular complexity index is 454. The first kappa shape index (κ1) is 16.7. The summed E-state index contributed by atoms with van der Waals surface area (Å²) in [5, 5.41) is 15.8. The quantitative estimate of drug-likeness (QED) is 0.773. The number of aliphatic hydroxyl groups is 1. The zero-order chi connectivity index (χ0) is 15.5. The van der Waals surface area contributed by atoms with Crippen molar-refractivity contribution in [2.75, 3.05) is 24.3 Å². The van der Waals surface area contributed by atoms with E-state index in [0.29, 0.717) is 0 Å². The maximum absolute atomic E-state index is 9.25. The van der Waals surface area contributed by atoms with Crippen molar-refractivity contribution in [1.82, 2.24) is 9.97 Å². The molecule has 5 heteroatoms. The van der Waals surface area contributed by atoms with Crippen LogP contribution in [0.15, 0.2) is 0 Å². The molecule has 3 N–H and O–H groups in total. The van der Waals surface area contributed by atoms with Crippen LogP contribution in [0.4, 0.5) is 11.6 Å². The molecule has 0 saturated heterocycles. The highest BCUT2D eigenvalue weighted by Gasteiger charge is 2.22. The van der Waals surface area contributed by atoms with Gasteiger partial charge >= 0.3 is 0 Å². The maximum Gasteiger partial charge on any atom is 0.138 e. The SMILES string of the molecule is CNc1nc(C(C)(C)C)nc(NC(C)C(C)CO)c1C. The Kier molecular flexibility index (Phi) is 5.34. The fraction of sp³-hybridized carbons (Fsp3) is 0.733. The van der Waals surface area contributed by atoms with Crippen molar-refractivity contribution in [1.29, 1.82) is 0 Å². The average molecular weight is 280 g/mol. The average Bonchev–Trinajstić information content (AvgIpc) is 2.38. The topological polar surface area (TPSA) is 70.1 Å². The molecule has 0 fully saturated rings. The van der Waals surface area contributed by atoms with Gasteiger partial charge in [0.15, 0.2) is 0 Å². The first-order valence-corrected chi connectivity index (χ1v) is 7.15. The van der Waals surface area contributed by atoms with Crippen molar-refractivity contribution in [2.45, 2.75) is 53.0 Å². The van der Waals surface area contributed by atoms with Gasteiger partial charge in [0.05, 0.1) is 0 Å². The molecule has 20 heavy (non-hydrogen) atoms. The van der Waals surface area contributed by atoms with Crippen molar-refractivity contribution >= 4 is 11.6 Å². The third-order valence-corrected chi connectivity index (χ3v) is 3.56. The Morgan fingerprint density at radius 2 is 1.70 bits per heavy atom. The van der Waals surface area contributed by atoms with Crippen LogP contribution in [0.2, 0.25) is 0 Å². The fourth-order valence-electron chi connectivity index (χ4n) is 1.75. The number of aliphatic hydroxyl groups excluding tert-OH is 1. The summed E-state index contributed by atoms with van der Waals surface area (Å²) >= 11 is 0. The lowest BCUT2D eigenvalue weighted by atomic mass is 9.95. The molecular formula is C15H28N4O. The molecule has 5 nitrogen and oxygen atoms in total. The molecule has 1 aromatic rings. The molecule has 1 heterocycles. The first-order chi connectivity index (χ1) is 9.20. The van der Waals surface area contributed by atoms with E-state index >= 15 is 0 Å². The van der Waals surface area contributed by atoms with Gasteiger partial charge in [0.2, 0.25) is 0 Å². The fourth-order valence-corrected chi connectivity index (χ4v) is 1.75. The second-order valence-corrected chi connectivity index (χ2v) is 6.46. The van der Waals surface area contributed by atoms with Crippen LogP contribution in [-0.4, -0.2) is 34.8 Å². The molecule has 0 aliphatic carbocycles. The second-order valence-electron chi connectivity index (χ2n) is 6.46. The lowest BCUT2D eigenvalue weighted by Gasteiger charge is -2.24. The molecule has 114 valence electrons. The minimum atomic E-state index is -0.110. The molecule has 2 unspecified atom stereocenters. The Morgan fingerprint density at radius 3 is 2.15 bits per heavy atom. The van der Waals surface area contributed by atoms with Crippen molar-refractivity contribution in [3.05, 3.63) is 11.4 Å². The van der Waals surface area contributed by atoms with Crippen LogP contribution >= 0.6 is 0 Å². The minimum Gasteiger partial charge on any atom is -0.396 e. The molecule has 0 radical (unpaired) electrons. The lowest BCUT2D eigenvalue weighted by Crippen LogP contribution is -2.28. The molecule has 0 bridgehead atoms. The largest absolute Gasteiger partial charge is 0.396 e. The van der Waals surface area contributed by atoms with E-state index in [1.165, 1.54) is 0 Å². The van der Waals surface area contributed by atoms with Crippen LogP contribution in [0.3, 0.4) is 0 Å². The van der Waals surface area contributed by atoms with E-state index in [1.54, 1.807) is 0 Å². The second kappa shape index (κ2) is 6.39. The van der Waals surface area contributed by atoms with Gasteiger partial charge in [-0.2, -0.15) is 0 Å². The van der Waals surface area contributed by atoms with Crippen LogP contribution in [0.25, 0.3) is 0 Å². The van der Waals surface area contributed by atoms with Crippen LogP contribution in [0.1, 0.15) is 46.0 Å². The molecule has 0 aromatic carbocycles. The third kappa shape index (κ3) is 3.82. The van der Waals surface area contributed by atoms with Crippen molar-refractivity contribution in [3.8, 4) is 0 Å². The highest BCUT2D eigenvalue weighted by atomic mass is 16.3. The Balaban J connectivity index is 3.17. The number of nitrogens with one attached hydrogen (secondary N) is 2. The highest BCUT2D eigenvalue weighted by Crippen LogP contribution is 2.26. The van der Waals surface area contributed by atoms with E-state index in [9.17, 15) is 5.11 Å². The standard InChI is InChI=1S/C15H28N4O/c1-9(8-20)11(3)17-13-10(2)12(16-7)18-14(19-13)15(4,5)6/h9,11,20H,8H2,1-7H3,(H2,16,17,18,19). The zero-order valence-corrected chi connectivity index (χ0v) is 13.7. The molecular weight excluding hydrogens is 252 g/mol. The van der Waals surface area contributed by atoms with Crippen LogP contribution in [-0.2, 0) is 5.41 Å². The van der Waals surface area contributed by atoms with E-state index in [4.69, 9.17) is 0 Å². The van der Waals surface area contributed by atoms with Gasteiger partial charge in [0, 0.05) is 30.7 Å². The maximum atomic E-state index is 9.25. The summed E-state index contributed by atoms with van der Waals surface area (Å²) < 4.78 is 0. The van der Waals surface area contributed by atoms with Crippen molar-refractivity contribution in [2.24, 2.45) is 5.92 Å². The molecule has 0 spiro atoms. The van der Waals surface area contributed by atoms with Crippen LogP contribution < -0.4 is 10.6 Å². The summed E-state index contributed by atoms with van der Waals surface area (Å²) in [5.74, 6) is 2.65. The number of rotatable bonds is 5. The van der Waals surface area contributed by atoms with E-state index in [-0.39, 0.29) is 24.0 Å². The zero-order valence-electron chi connectivity index (χ0n) is 13.7. The normalized spacial score (nSPS) is 14.8. The van der Waals surface area contributed by atoms with E-state index in [1.807, 2.05) is 20.9 Å². The third-order valence-electron chi connectivity index (χ3n) is 3.56. The van der Waals surface area contributed by atoms with E-state index in [2.05, 4.69) is 48.3 Å². The Morgan fingerprint density at radius 1 is 1.15 bits per heavy atom. The van der Waals surface area contributed by atoms with Crippen molar-refractivity contribution < 1.29 is 5.11 Å². The monoisotopic (exact) mass is 280 g/mol. The summed E-state index contributed by atoms with van der Waals surface area (Å²) in [6.07, 6.45) is 0.